The summed E-state index contributed by atoms with van der Waals surface area (Å²) in [6.45, 7) is 11.7. The van der Waals surface area contributed by atoms with Gasteiger partial charge in [0.2, 0.25) is 0 Å². The minimum atomic E-state index is -2.78. The van der Waals surface area contributed by atoms with Crippen molar-refractivity contribution in [2.24, 2.45) is 0 Å². The average Bonchev–Trinajstić information content (AvgIpc) is 3.67. The molecule has 2 heterocycles. The Balaban J connectivity index is 0.000000188. The Hall–Kier alpha value is -3.40. The van der Waals surface area contributed by atoms with Gasteiger partial charge in [-0.2, -0.15) is 0 Å². The molecule has 2 N–H and O–H groups in total. The molecule has 0 saturated heterocycles. The Morgan fingerprint density at radius 2 is 1.00 bits per heavy atom. The molecule has 2 atom stereocenters. The van der Waals surface area contributed by atoms with Gasteiger partial charge in [0.1, 0.15) is 51.7 Å². The number of hydrogen-bond donors (Lipinski definition) is 2. The third kappa shape index (κ3) is 7.92. The number of fused-ring (bicyclic) bond motifs is 2. The van der Waals surface area contributed by atoms with Crippen LogP contribution < -0.4 is 44.5 Å². The van der Waals surface area contributed by atoms with Gasteiger partial charge in [0.25, 0.3) is 0 Å². The summed E-state index contributed by atoms with van der Waals surface area (Å²) >= 11 is 3.35. The van der Waals surface area contributed by atoms with Crippen molar-refractivity contribution >= 4 is 53.4 Å². The summed E-state index contributed by atoms with van der Waals surface area (Å²) in [6, 6.07) is 22.0. The third-order valence-corrected chi connectivity index (χ3v) is 17.6. The molecule has 2 aliphatic heterocycles. The van der Waals surface area contributed by atoms with Crippen molar-refractivity contribution in [2.45, 2.75) is 51.9 Å². The number of rotatable bonds is 6. The van der Waals surface area contributed by atoms with E-state index in [4.69, 9.17) is 28.4 Å². The topological polar surface area (TPSA) is 130 Å². The Morgan fingerprint density at radius 3 is 1.42 bits per heavy atom. The van der Waals surface area contributed by atoms with Gasteiger partial charge in [-0.05, 0) is 57.8 Å². The molecule has 0 aliphatic carbocycles. The Bertz CT molecular complexity index is 1940. The monoisotopic (exact) mass is 816 g/mol. The molecule has 0 unspecified atom stereocenters. The molecule has 0 fully saturated rings. The van der Waals surface area contributed by atoms with Crippen LogP contribution in [-0.4, -0.2) is 68.6 Å². The normalized spacial score (nSPS) is 18.6. The highest BCUT2D eigenvalue weighted by atomic mass is 79.9. The molecule has 4 aromatic carbocycles. The number of ether oxygens (including phenoxy) is 6. The lowest BCUT2D eigenvalue weighted by atomic mass is 9.80. The lowest BCUT2D eigenvalue weighted by molar-refractivity contribution is 0.389. The third-order valence-electron chi connectivity index (χ3n) is 9.07. The number of methoxy groups -OCH3 is 4. The summed E-state index contributed by atoms with van der Waals surface area (Å²) in [5.74, 6) is 4.14. The highest BCUT2D eigenvalue weighted by Gasteiger charge is 2.48. The molecule has 10 nitrogen and oxygen atoms in total. The second kappa shape index (κ2) is 16.3. The zero-order valence-corrected chi connectivity index (χ0v) is 34.7. The minimum Gasteiger partial charge on any atom is -0.496 e. The first-order valence-electron chi connectivity index (χ1n) is 16.5. The van der Waals surface area contributed by atoms with Crippen LogP contribution in [0, 0.1) is 0 Å². The SMILES string of the molecule is CC(C)(C)[P@@]1(=O)COc2cccc(B(O)O)c21.COc1cccc(OC)c1-c1cccc2c1[P@@](=O)(C(C)(C)C)CO2.COc1cccc(OC)c1Br. The maximum Gasteiger partial charge on any atom is 0.489 e. The van der Waals surface area contributed by atoms with Crippen LogP contribution in [0.4, 0.5) is 0 Å². The number of hydrogen-bond acceptors (Lipinski definition) is 10. The fraction of sp³-hybridized carbons (Fsp3) is 0.368. The van der Waals surface area contributed by atoms with Crippen LogP contribution in [-0.2, 0) is 9.13 Å². The molecule has 2 aliphatic rings. The molecule has 0 saturated carbocycles. The van der Waals surface area contributed by atoms with Crippen molar-refractivity contribution < 1.29 is 47.6 Å². The first-order valence-corrected chi connectivity index (χ1v) is 21.1. The van der Waals surface area contributed by atoms with E-state index in [9.17, 15) is 19.2 Å². The van der Waals surface area contributed by atoms with Gasteiger partial charge in [-0.1, -0.05) is 77.9 Å². The molecule has 4 aromatic rings. The molecule has 0 spiro atoms. The molecule has 52 heavy (non-hydrogen) atoms. The van der Waals surface area contributed by atoms with Gasteiger partial charge in [-0.25, -0.2) is 0 Å². The summed E-state index contributed by atoms with van der Waals surface area (Å²) in [6.07, 6.45) is 0.371. The van der Waals surface area contributed by atoms with E-state index in [0.29, 0.717) is 33.8 Å². The lowest BCUT2D eigenvalue weighted by Gasteiger charge is -2.28. The van der Waals surface area contributed by atoms with Crippen molar-refractivity contribution in [3.63, 3.8) is 0 Å². The Morgan fingerprint density at radius 1 is 0.615 bits per heavy atom. The fourth-order valence-electron chi connectivity index (χ4n) is 5.89. The molecule has 0 amide bonds. The molecule has 0 bridgehead atoms. The molecule has 14 heteroatoms. The van der Waals surface area contributed by atoms with Gasteiger partial charge in [-0.3, -0.25) is 0 Å². The zero-order valence-electron chi connectivity index (χ0n) is 31.4. The summed E-state index contributed by atoms with van der Waals surface area (Å²) in [5.41, 5.74) is 1.96. The standard InChI is InChI=1S/C19H23O4P.C11H16BO4P.C8H9BrO2/c1-19(2,3)24(20)12-23-16-11-6-8-13(18(16)24)17-14(21-4)9-7-10-15(17)22-5;1-11(2,3)17(15)7-16-9-6-4-5-8(10(9)17)12(13)14;1-10-6-4-3-5-7(11-2)8(6)9/h6-11H,12H2,1-5H3;4-6,13-14H,7H2,1-3H3;3-5H,1-2H3/t24-;17-;/m11./s1. The lowest BCUT2D eigenvalue weighted by Crippen LogP contribution is -2.42. The van der Waals surface area contributed by atoms with Crippen LogP contribution in [0.3, 0.4) is 0 Å². The van der Waals surface area contributed by atoms with Crippen molar-refractivity contribution in [1.29, 1.82) is 0 Å². The first-order chi connectivity index (χ1) is 24.4. The second-order valence-electron chi connectivity index (χ2n) is 14.1. The number of benzene rings is 4. The van der Waals surface area contributed by atoms with E-state index in [1.807, 2.05) is 96.1 Å². The van der Waals surface area contributed by atoms with E-state index < -0.39 is 26.6 Å². The summed E-state index contributed by atoms with van der Waals surface area (Å²) in [5, 5.41) is 19.2. The van der Waals surface area contributed by atoms with E-state index >= 15 is 0 Å². The van der Waals surface area contributed by atoms with Crippen LogP contribution in [0.25, 0.3) is 11.1 Å². The highest BCUT2D eigenvalue weighted by Crippen LogP contribution is 2.63. The van der Waals surface area contributed by atoms with Crippen LogP contribution in [0.1, 0.15) is 41.5 Å². The predicted molar refractivity (Wildman–Crippen MR) is 213 cm³/mol. The Kier molecular flexibility index (Phi) is 13.0. The van der Waals surface area contributed by atoms with E-state index in [-0.39, 0.29) is 17.9 Å². The maximum absolute atomic E-state index is 13.8. The van der Waals surface area contributed by atoms with Gasteiger partial charge >= 0.3 is 7.12 Å². The van der Waals surface area contributed by atoms with E-state index in [0.717, 1.165) is 32.4 Å². The summed E-state index contributed by atoms with van der Waals surface area (Å²) < 4.78 is 60.2. The summed E-state index contributed by atoms with van der Waals surface area (Å²) in [4.78, 5) is 0. The molecule has 0 radical (unpaired) electrons. The minimum absolute atomic E-state index is 0.134. The van der Waals surface area contributed by atoms with Gasteiger partial charge in [0.15, 0.2) is 14.3 Å². The average molecular weight is 817 g/mol. The van der Waals surface area contributed by atoms with Crippen molar-refractivity contribution in [3.05, 3.63) is 77.3 Å². The Labute approximate surface area is 315 Å². The van der Waals surface area contributed by atoms with Crippen molar-refractivity contribution in [1.82, 2.24) is 0 Å². The van der Waals surface area contributed by atoms with Gasteiger partial charge in [0.05, 0.1) is 44.6 Å². The largest absolute Gasteiger partial charge is 0.496 e. The van der Waals surface area contributed by atoms with E-state index in [1.165, 1.54) is 0 Å². The second-order valence-corrected chi connectivity index (χ2v) is 21.9. The molecule has 6 rings (SSSR count). The van der Waals surface area contributed by atoms with Crippen LogP contribution >= 0.6 is 30.2 Å². The van der Waals surface area contributed by atoms with Crippen LogP contribution in [0.2, 0.25) is 0 Å². The van der Waals surface area contributed by atoms with Crippen LogP contribution in [0.5, 0.6) is 34.5 Å². The smallest absolute Gasteiger partial charge is 0.489 e. The number of halogens is 1. The van der Waals surface area contributed by atoms with Gasteiger partial charge in [-0.15, -0.1) is 0 Å². The zero-order chi connectivity index (χ0) is 38.6. The predicted octanol–water partition coefficient (Wildman–Crippen LogP) is 7.48. The van der Waals surface area contributed by atoms with E-state index in [1.54, 1.807) is 46.6 Å². The molecule has 0 aromatic heterocycles. The van der Waals surface area contributed by atoms with Crippen molar-refractivity contribution in [2.75, 3.05) is 41.1 Å². The molecular weight excluding hydrogens is 769 g/mol. The molecule has 280 valence electrons. The van der Waals surface area contributed by atoms with Gasteiger partial charge < -0.3 is 47.6 Å². The molecular formula is C38H48BBrO10P2. The van der Waals surface area contributed by atoms with Crippen LogP contribution in [0.15, 0.2) is 77.3 Å². The van der Waals surface area contributed by atoms with Crippen molar-refractivity contribution in [3.8, 4) is 45.6 Å². The fourth-order valence-corrected chi connectivity index (χ4v) is 11.7. The quantitative estimate of drug-likeness (QED) is 0.149. The maximum atomic E-state index is 13.8. The van der Waals surface area contributed by atoms with E-state index in [2.05, 4.69) is 15.9 Å². The highest BCUT2D eigenvalue weighted by molar-refractivity contribution is 9.10. The summed E-state index contributed by atoms with van der Waals surface area (Å²) in [7, 11) is -0.640. The first kappa shape index (κ1) is 41.4. The van der Waals surface area contributed by atoms with Gasteiger partial charge in [0, 0.05) is 15.9 Å².